The average Bonchev–Trinajstić information content (AvgIpc) is 3.21. The van der Waals surface area contributed by atoms with Crippen LogP contribution in [-0.4, -0.2) is 44.9 Å². The average molecular weight is 514 g/mol. The Labute approximate surface area is 212 Å². The number of hydrogen-bond donors (Lipinski definition) is 2. The van der Waals surface area contributed by atoms with Gasteiger partial charge in [-0.3, -0.25) is 14.0 Å². The SMILES string of the molecule is CCCCOc1ccc2c(C(=O)NC3CC4(C3)CC(Oc3ncccc3C(N)=O)C4)nc(C(F)F)n2c1. The van der Waals surface area contributed by atoms with Crippen LogP contribution in [0.4, 0.5) is 8.78 Å². The number of unbranched alkanes of at least 4 members (excludes halogenated alkanes) is 1. The van der Waals surface area contributed by atoms with E-state index in [1.54, 1.807) is 30.5 Å². The lowest BCUT2D eigenvalue weighted by Gasteiger charge is -2.57. The van der Waals surface area contributed by atoms with Gasteiger partial charge in [0.15, 0.2) is 11.5 Å². The molecule has 0 bridgehead atoms. The fourth-order valence-electron chi connectivity index (χ4n) is 5.32. The number of fused-ring (bicyclic) bond motifs is 1. The summed E-state index contributed by atoms with van der Waals surface area (Å²) in [4.78, 5) is 32.6. The monoisotopic (exact) mass is 513 g/mol. The molecule has 0 atom stereocenters. The molecule has 0 aromatic carbocycles. The number of nitrogens with two attached hydrogens (primary N) is 1. The highest BCUT2D eigenvalue weighted by Crippen LogP contribution is 2.56. The van der Waals surface area contributed by atoms with Crippen molar-refractivity contribution in [2.24, 2.45) is 11.1 Å². The van der Waals surface area contributed by atoms with E-state index in [-0.39, 0.29) is 34.7 Å². The number of nitrogens with one attached hydrogen (secondary N) is 1. The van der Waals surface area contributed by atoms with E-state index < -0.39 is 24.1 Å². The van der Waals surface area contributed by atoms with Crippen molar-refractivity contribution in [2.75, 3.05) is 6.61 Å². The Morgan fingerprint density at radius 2 is 2.03 bits per heavy atom. The molecule has 3 heterocycles. The van der Waals surface area contributed by atoms with Gasteiger partial charge in [-0.25, -0.2) is 18.7 Å². The van der Waals surface area contributed by atoms with Gasteiger partial charge in [-0.2, -0.15) is 0 Å². The fraction of sp³-hybridized carbons (Fsp3) is 0.462. The standard InChI is InChI=1S/C26H29F2N5O4/c1-2-3-9-36-16-6-7-19-20(32-23(21(27)28)33(19)14-16)24(35)31-15-10-26(11-15)12-17(13-26)37-25-18(22(29)34)5-4-8-30-25/h4-8,14-15,17,21H,2-3,9-13H2,1H3,(H2,29,34)(H,31,35). The minimum Gasteiger partial charge on any atom is -0.492 e. The van der Waals surface area contributed by atoms with Gasteiger partial charge in [0.05, 0.1) is 18.3 Å². The highest BCUT2D eigenvalue weighted by molar-refractivity contribution is 5.99. The summed E-state index contributed by atoms with van der Waals surface area (Å²) in [5.74, 6) is -0.876. The van der Waals surface area contributed by atoms with E-state index in [1.807, 2.05) is 6.92 Å². The zero-order valence-corrected chi connectivity index (χ0v) is 20.5. The van der Waals surface area contributed by atoms with Gasteiger partial charge >= 0.3 is 0 Å². The Balaban J connectivity index is 1.19. The van der Waals surface area contributed by atoms with E-state index in [1.165, 1.54) is 10.6 Å². The summed E-state index contributed by atoms with van der Waals surface area (Å²) in [7, 11) is 0. The van der Waals surface area contributed by atoms with Crippen molar-refractivity contribution in [3.8, 4) is 11.6 Å². The van der Waals surface area contributed by atoms with E-state index in [0.29, 0.717) is 17.9 Å². The van der Waals surface area contributed by atoms with Crippen molar-refractivity contribution in [1.82, 2.24) is 19.7 Å². The molecule has 2 aliphatic carbocycles. The van der Waals surface area contributed by atoms with Crippen LogP contribution in [0.2, 0.25) is 0 Å². The Hall–Kier alpha value is -3.76. The first-order valence-electron chi connectivity index (χ1n) is 12.4. The summed E-state index contributed by atoms with van der Waals surface area (Å²) in [6, 6.07) is 6.38. The van der Waals surface area contributed by atoms with Crippen LogP contribution >= 0.6 is 0 Å². The number of alkyl halides is 2. The van der Waals surface area contributed by atoms with Gasteiger partial charge in [-0.1, -0.05) is 13.3 Å². The molecule has 2 amide bonds. The molecule has 2 saturated carbocycles. The summed E-state index contributed by atoms with van der Waals surface area (Å²) in [5, 5.41) is 2.94. The smallest absolute Gasteiger partial charge is 0.295 e. The summed E-state index contributed by atoms with van der Waals surface area (Å²) in [5.41, 5.74) is 5.97. The van der Waals surface area contributed by atoms with E-state index in [2.05, 4.69) is 15.3 Å². The fourth-order valence-corrected chi connectivity index (χ4v) is 5.32. The summed E-state index contributed by atoms with van der Waals surface area (Å²) < 4.78 is 40.1. The second-order valence-electron chi connectivity index (χ2n) is 9.89. The molecule has 5 rings (SSSR count). The van der Waals surface area contributed by atoms with Gasteiger partial charge in [0.1, 0.15) is 17.4 Å². The first-order valence-corrected chi connectivity index (χ1v) is 12.4. The third-order valence-corrected chi connectivity index (χ3v) is 7.14. The molecule has 2 fully saturated rings. The molecule has 0 radical (unpaired) electrons. The molecule has 0 unspecified atom stereocenters. The molecule has 37 heavy (non-hydrogen) atoms. The Kier molecular flexibility index (Phi) is 6.70. The Morgan fingerprint density at radius 1 is 1.24 bits per heavy atom. The third kappa shape index (κ3) is 4.94. The van der Waals surface area contributed by atoms with Crippen LogP contribution in [0, 0.1) is 5.41 Å². The van der Waals surface area contributed by atoms with Crippen molar-refractivity contribution in [1.29, 1.82) is 0 Å². The molecule has 11 heteroatoms. The van der Waals surface area contributed by atoms with E-state index >= 15 is 0 Å². The second kappa shape index (κ2) is 9.95. The maximum absolute atomic E-state index is 13.7. The quantitative estimate of drug-likeness (QED) is 0.395. The minimum atomic E-state index is -2.84. The van der Waals surface area contributed by atoms with Crippen LogP contribution in [0.3, 0.4) is 0 Å². The number of carbonyl (C=O) groups is 2. The number of nitrogens with zero attached hydrogens (tertiary/aromatic N) is 3. The van der Waals surface area contributed by atoms with Crippen molar-refractivity contribution < 1.29 is 27.8 Å². The highest BCUT2D eigenvalue weighted by atomic mass is 19.3. The molecule has 0 saturated heterocycles. The molecule has 3 N–H and O–H groups in total. The van der Waals surface area contributed by atoms with Crippen LogP contribution in [0.5, 0.6) is 11.6 Å². The van der Waals surface area contributed by atoms with Crippen molar-refractivity contribution in [3.05, 3.63) is 53.7 Å². The molecule has 9 nitrogen and oxygen atoms in total. The normalized spacial score (nSPS) is 22.5. The number of ether oxygens (including phenoxy) is 2. The molecule has 1 spiro atoms. The maximum atomic E-state index is 13.7. The molecular weight excluding hydrogens is 484 g/mol. The minimum absolute atomic E-state index is 0.0275. The molecule has 3 aromatic heterocycles. The predicted molar refractivity (Wildman–Crippen MR) is 130 cm³/mol. The van der Waals surface area contributed by atoms with Crippen molar-refractivity contribution >= 4 is 17.3 Å². The van der Waals surface area contributed by atoms with Gasteiger partial charge in [-0.15, -0.1) is 0 Å². The van der Waals surface area contributed by atoms with Gasteiger partial charge in [-0.05, 0) is 61.8 Å². The van der Waals surface area contributed by atoms with Crippen LogP contribution < -0.4 is 20.5 Å². The zero-order valence-electron chi connectivity index (χ0n) is 20.5. The molecule has 3 aromatic rings. The Bertz CT molecular complexity index is 1310. The van der Waals surface area contributed by atoms with Crippen LogP contribution in [0.25, 0.3) is 5.52 Å². The number of imidazole rings is 1. The zero-order chi connectivity index (χ0) is 26.2. The Morgan fingerprint density at radius 3 is 2.73 bits per heavy atom. The van der Waals surface area contributed by atoms with Gasteiger partial charge in [0.2, 0.25) is 5.88 Å². The number of hydrogen-bond acceptors (Lipinski definition) is 6. The first-order chi connectivity index (χ1) is 17.8. The van der Waals surface area contributed by atoms with Gasteiger partial charge in [0, 0.05) is 12.2 Å². The number of amides is 2. The second-order valence-corrected chi connectivity index (χ2v) is 9.89. The summed E-state index contributed by atoms with van der Waals surface area (Å²) >= 11 is 0. The number of carbonyl (C=O) groups excluding carboxylic acids is 2. The molecule has 196 valence electrons. The number of pyridine rings is 2. The van der Waals surface area contributed by atoms with Crippen LogP contribution in [0.15, 0.2) is 36.7 Å². The molecule has 0 aliphatic heterocycles. The van der Waals surface area contributed by atoms with E-state index in [0.717, 1.165) is 38.5 Å². The van der Waals surface area contributed by atoms with E-state index in [4.69, 9.17) is 15.2 Å². The topological polar surface area (TPSA) is 121 Å². The van der Waals surface area contributed by atoms with Crippen molar-refractivity contribution in [2.45, 2.75) is 64.0 Å². The number of rotatable bonds is 10. The first kappa shape index (κ1) is 24.9. The summed E-state index contributed by atoms with van der Waals surface area (Å²) in [6.07, 6.45) is 4.95. The van der Waals surface area contributed by atoms with Gasteiger partial charge in [0.25, 0.3) is 18.2 Å². The largest absolute Gasteiger partial charge is 0.492 e. The third-order valence-electron chi connectivity index (χ3n) is 7.14. The van der Waals surface area contributed by atoms with Crippen LogP contribution in [0.1, 0.15) is 78.5 Å². The lowest BCUT2D eigenvalue weighted by atomic mass is 9.53. The number of primary amides is 1. The molecular formula is C26H29F2N5O4. The lowest BCUT2D eigenvalue weighted by Crippen LogP contribution is -2.58. The maximum Gasteiger partial charge on any atom is 0.295 e. The van der Waals surface area contributed by atoms with E-state index in [9.17, 15) is 18.4 Å². The highest BCUT2D eigenvalue weighted by Gasteiger charge is 2.54. The number of halogens is 2. The predicted octanol–water partition coefficient (Wildman–Crippen LogP) is 4.06. The summed E-state index contributed by atoms with van der Waals surface area (Å²) in [6.45, 7) is 2.52. The van der Waals surface area contributed by atoms with Gasteiger partial charge < -0.3 is 20.5 Å². The van der Waals surface area contributed by atoms with Crippen molar-refractivity contribution in [3.63, 3.8) is 0 Å². The van der Waals surface area contributed by atoms with Crippen LogP contribution in [-0.2, 0) is 0 Å². The lowest BCUT2D eigenvalue weighted by molar-refractivity contribution is -0.0848. The number of aromatic nitrogens is 3. The molecule has 2 aliphatic rings.